The molecule has 0 atom stereocenters. The largest absolute Gasteiger partial charge is 0.389 e. The molecule has 12 heavy (non-hydrogen) atoms. The minimum Gasteiger partial charge on any atom is -0.389 e. The van der Waals surface area contributed by atoms with Gasteiger partial charge < -0.3 is 5.11 Å². The van der Waals surface area contributed by atoms with Crippen molar-refractivity contribution in [3.8, 4) is 12.3 Å². The maximum absolute atomic E-state index is 10.0. The van der Waals surface area contributed by atoms with Gasteiger partial charge in [-0.2, -0.15) is 0 Å². The maximum Gasteiger partial charge on any atom is 0.0756 e. The normalized spacial score (nSPS) is 23.7. The van der Waals surface area contributed by atoms with Gasteiger partial charge in [0.25, 0.3) is 0 Å². The Morgan fingerprint density at radius 3 is 2.08 bits per heavy atom. The number of aliphatic hydroxyl groups is 1. The second-order valence-electron chi connectivity index (χ2n) is 3.87. The van der Waals surface area contributed by atoms with E-state index < -0.39 is 5.60 Å². The highest BCUT2D eigenvalue weighted by Gasteiger charge is 2.25. The van der Waals surface area contributed by atoms with Crippen LogP contribution in [-0.2, 0) is 0 Å². The highest BCUT2D eigenvalue weighted by Crippen LogP contribution is 2.28. The van der Waals surface area contributed by atoms with Gasteiger partial charge in [-0.05, 0) is 12.8 Å². The van der Waals surface area contributed by atoms with Crippen molar-refractivity contribution in [1.82, 2.24) is 0 Å². The molecule has 1 aliphatic rings. The number of hydrogen-bond donors (Lipinski definition) is 1. The van der Waals surface area contributed by atoms with Gasteiger partial charge in [0.05, 0.1) is 5.60 Å². The van der Waals surface area contributed by atoms with E-state index in [-0.39, 0.29) is 0 Å². The average molecular weight is 166 g/mol. The lowest BCUT2D eigenvalue weighted by atomic mass is 9.85. The number of rotatable bonds is 1. The fourth-order valence-corrected chi connectivity index (χ4v) is 1.93. The van der Waals surface area contributed by atoms with Crippen LogP contribution in [0.5, 0.6) is 0 Å². The SMILES string of the molecule is C#CCC1(O)CCCCCCC1. The number of terminal acetylenes is 1. The third-order valence-corrected chi connectivity index (χ3v) is 2.72. The summed E-state index contributed by atoms with van der Waals surface area (Å²) in [5.74, 6) is 2.58. The molecule has 0 aromatic heterocycles. The molecule has 1 nitrogen and oxygen atoms in total. The van der Waals surface area contributed by atoms with Crippen molar-refractivity contribution >= 4 is 0 Å². The van der Waals surface area contributed by atoms with Gasteiger partial charge in [-0.25, -0.2) is 0 Å². The van der Waals surface area contributed by atoms with Crippen LogP contribution in [0, 0.1) is 12.3 Å². The van der Waals surface area contributed by atoms with Crippen molar-refractivity contribution in [3.63, 3.8) is 0 Å². The van der Waals surface area contributed by atoms with Crippen LogP contribution in [-0.4, -0.2) is 10.7 Å². The van der Waals surface area contributed by atoms with Gasteiger partial charge in [-0.1, -0.05) is 32.1 Å². The molecule has 0 aliphatic heterocycles. The lowest BCUT2D eigenvalue weighted by molar-refractivity contribution is 0.0190. The lowest BCUT2D eigenvalue weighted by Crippen LogP contribution is -2.28. The van der Waals surface area contributed by atoms with Crippen LogP contribution < -0.4 is 0 Å². The first-order valence-electron chi connectivity index (χ1n) is 4.93. The Hall–Kier alpha value is -0.480. The van der Waals surface area contributed by atoms with Crippen LogP contribution in [0.25, 0.3) is 0 Å². The van der Waals surface area contributed by atoms with Gasteiger partial charge in [0, 0.05) is 6.42 Å². The Morgan fingerprint density at radius 2 is 1.58 bits per heavy atom. The predicted octanol–water partition coefficient (Wildman–Crippen LogP) is 2.49. The quantitative estimate of drug-likeness (QED) is 0.593. The van der Waals surface area contributed by atoms with E-state index in [1.165, 1.54) is 19.3 Å². The van der Waals surface area contributed by atoms with Crippen LogP contribution in [0.4, 0.5) is 0 Å². The van der Waals surface area contributed by atoms with Crippen LogP contribution in [0.15, 0.2) is 0 Å². The van der Waals surface area contributed by atoms with E-state index >= 15 is 0 Å². The fraction of sp³-hybridized carbons (Fsp3) is 0.818. The van der Waals surface area contributed by atoms with Crippen LogP contribution >= 0.6 is 0 Å². The van der Waals surface area contributed by atoms with E-state index in [9.17, 15) is 5.11 Å². The van der Waals surface area contributed by atoms with Crippen molar-refractivity contribution < 1.29 is 5.11 Å². The molecule has 0 amide bonds. The maximum atomic E-state index is 10.0. The molecule has 1 heteroatoms. The van der Waals surface area contributed by atoms with Gasteiger partial charge in [0.1, 0.15) is 0 Å². The molecule has 68 valence electrons. The third-order valence-electron chi connectivity index (χ3n) is 2.72. The predicted molar refractivity (Wildman–Crippen MR) is 50.7 cm³/mol. The van der Waals surface area contributed by atoms with Crippen molar-refractivity contribution in [1.29, 1.82) is 0 Å². The summed E-state index contributed by atoms with van der Waals surface area (Å²) in [6, 6.07) is 0. The molecule has 0 aromatic carbocycles. The zero-order chi connectivity index (χ0) is 8.86. The summed E-state index contributed by atoms with van der Waals surface area (Å²) in [5.41, 5.74) is -0.533. The standard InChI is InChI=1S/C11H18O/c1-2-8-11(12)9-6-4-3-5-7-10-11/h1,12H,3-10H2. The topological polar surface area (TPSA) is 20.2 Å². The monoisotopic (exact) mass is 166 g/mol. The van der Waals surface area contributed by atoms with Crippen LogP contribution in [0.3, 0.4) is 0 Å². The Balaban J connectivity index is 2.43. The Morgan fingerprint density at radius 1 is 1.08 bits per heavy atom. The Labute approximate surface area is 75.2 Å². The summed E-state index contributed by atoms with van der Waals surface area (Å²) in [4.78, 5) is 0. The molecule has 0 bridgehead atoms. The summed E-state index contributed by atoms with van der Waals surface area (Å²) < 4.78 is 0. The van der Waals surface area contributed by atoms with E-state index in [4.69, 9.17) is 6.42 Å². The minimum absolute atomic E-state index is 0.533. The Kier molecular flexibility index (Phi) is 3.62. The highest BCUT2D eigenvalue weighted by molar-refractivity contribution is 4.95. The first kappa shape index (κ1) is 9.61. The summed E-state index contributed by atoms with van der Waals surface area (Å²) in [6.45, 7) is 0. The van der Waals surface area contributed by atoms with Crippen molar-refractivity contribution in [2.45, 2.75) is 57.0 Å². The summed E-state index contributed by atoms with van der Waals surface area (Å²) in [7, 11) is 0. The third kappa shape index (κ3) is 2.87. The average Bonchev–Trinajstić information content (AvgIpc) is 1.99. The Bertz CT molecular complexity index is 158. The number of hydrogen-bond acceptors (Lipinski definition) is 1. The molecule has 0 unspecified atom stereocenters. The summed E-state index contributed by atoms with van der Waals surface area (Å²) in [6.07, 6.45) is 13.7. The first-order valence-corrected chi connectivity index (χ1v) is 4.93. The van der Waals surface area contributed by atoms with Crippen molar-refractivity contribution in [3.05, 3.63) is 0 Å². The van der Waals surface area contributed by atoms with E-state index in [0.717, 1.165) is 25.7 Å². The summed E-state index contributed by atoms with van der Waals surface area (Å²) >= 11 is 0. The second kappa shape index (κ2) is 4.52. The molecule has 1 aliphatic carbocycles. The van der Waals surface area contributed by atoms with E-state index in [1.807, 2.05) is 0 Å². The fourth-order valence-electron chi connectivity index (χ4n) is 1.93. The molecule has 1 N–H and O–H groups in total. The molecular formula is C11H18O. The smallest absolute Gasteiger partial charge is 0.0756 e. The molecule has 0 aromatic rings. The second-order valence-corrected chi connectivity index (χ2v) is 3.87. The molecule has 1 saturated carbocycles. The molecule has 0 heterocycles. The molecule has 0 radical (unpaired) electrons. The van der Waals surface area contributed by atoms with Crippen LogP contribution in [0.2, 0.25) is 0 Å². The molecule has 0 spiro atoms. The van der Waals surface area contributed by atoms with Crippen LogP contribution in [0.1, 0.15) is 51.4 Å². The lowest BCUT2D eigenvalue weighted by Gasteiger charge is -2.27. The van der Waals surface area contributed by atoms with Gasteiger partial charge >= 0.3 is 0 Å². The van der Waals surface area contributed by atoms with Crippen molar-refractivity contribution in [2.75, 3.05) is 0 Å². The van der Waals surface area contributed by atoms with E-state index in [0.29, 0.717) is 6.42 Å². The zero-order valence-corrected chi connectivity index (χ0v) is 7.68. The molecular weight excluding hydrogens is 148 g/mol. The molecule has 1 rings (SSSR count). The van der Waals surface area contributed by atoms with E-state index in [1.54, 1.807) is 0 Å². The minimum atomic E-state index is -0.533. The molecule has 0 saturated heterocycles. The van der Waals surface area contributed by atoms with Gasteiger partial charge in [-0.3, -0.25) is 0 Å². The van der Waals surface area contributed by atoms with E-state index in [2.05, 4.69) is 5.92 Å². The van der Waals surface area contributed by atoms with Gasteiger partial charge in [0.2, 0.25) is 0 Å². The zero-order valence-electron chi connectivity index (χ0n) is 7.68. The summed E-state index contributed by atoms with van der Waals surface area (Å²) in [5, 5.41) is 10.0. The van der Waals surface area contributed by atoms with Gasteiger partial charge in [0.15, 0.2) is 0 Å². The van der Waals surface area contributed by atoms with Gasteiger partial charge in [-0.15, -0.1) is 12.3 Å². The first-order chi connectivity index (χ1) is 5.77. The van der Waals surface area contributed by atoms with Crippen molar-refractivity contribution in [2.24, 2.45) is 0 Å². The highest BCUT2D eigenvalue weighted by atomic mass is 16.3. The molecule has 1 fully saturated rings.